The van der Waals surface area contributed by atoms with Crippen LogP contribution in [0.3, 0.4) is 0 Å². The highest BCUT2D eigenvalue weighted by molar-refractivity contribution is 5.96. The summed E-state index contributed by atoms with van der Waals surface area (Å²) >= 11 is 0. The number of carbonyl (C=O) groups is 1. The van der Waals surface area contributed by atoms with E-state index in [1.54, 1.807) is 13.2 Å². The highest BCUT2D eigenvalue weighted by Crippen LogP contribution is 2.26. The summed E-state index contributed by atoms with van der Waals surface area (Å²) in [7, 11) is 1.64. The second-order valence-electron chi connectivity index (χ2n) is 3.99. The Morgan fingerprint density at radius 2 is 2.28 bits per heavy atom. The van der Waals surface area contributed by atoms with Gasteiger partial charge < -0.3 is 15.0 Å². The molecule has 1 amide bonds. The lowest BCUT2D eigenvalue weighted by Gasteiger charge is -2.02. The van der Waals surface area contributed by atoms with E-state index < -0.39 is 5.91 Å². The number of hydrogen-bond acceptors (Lipinski definition) is 2. The van der Waals surface area contributed by atoms with Gasteiger partial charge in [0.05, 0.1) is 7.11 Å². The number of aromatic nitrogens is 1. The number of carbonyl (C=O) groups excluding carboxylic acids is 1. The van der Waals surface area contributed by atoms with E-state index in [0.717, 1.165) is 28.8 Å². The summed E-state index contributed by atoms with van der Waals surface area (Å²) in [4.78, 5) is 10.8. The van der Waals surface area contributed by atoms with Gasteiger partial charge in [0, 0.05) is 35.3 Å². The van der Waals surface area contributed by atoms with Crippen LogP contribution in [0.2, 0.25) is 0 Å². The number of benzene rings is 1. The Morgan fingerprint density at radius 1 is 1.50 bits per heavy atom. The number of aryl methyl sites for hydroxylation is 1. The Bertz CT molecular complexity index is 612. The first kappa shape index (κ1) is 12.2. The van der Waals surface area contributed by atoms with Crippen LogP contribution in [0.4, 0.5) is 0 Å². The minimum absolute atomic E-state index is 0.449. The maximum absolute atomic E-state index is 10.8. The molecule has 0 fully saturated rings. The molecule has 2 rings (SSSR count). The summed E-state index contributed by atoms with van der Waals surface area (Å²) in [6.45, 7) is 2.94. The largest absolute Gasteiger partial charge is 0.497 e. The standard InChI is InChI=1S/C14H16N2O2/c1-3-16-9-10(4-7-14(15)17)12-8-11(18-2)5-6-13(12)16/h4-9H,3H2,1-2H3,(H2,15,17)/b7-4+. The van der Waals surface area contributed by atoms with Gasteiger partial charge in [-0.3, -0.25) is 4.79 Å². The molecule has 0 bridgehead atoms. The topological polar surface area (TPSA) is 57.2 Å². The molecule has 0 unspecified atom stereocenters. The molecule has 1 heterocycles. The van der Waals surface area contributed by atoms with E-state index in [2.05, 4.69) is 11.5 Å². The van der Waals surface area contributed by atoms with Crippen molar-refractivity contribution in [2.24, 2.45) is 5.73 Å². The molecule has 0 aliphatic carbocycles. The van der Waals surface area contributed by atoms with Gasteiger partial charge in [0.25, 0.3) is 0 Å². The molecule has 0 saturated carbocycles. The molecule has 1 aromatic carbocycles. The number of ether oxygens (including phenoxy) is 1. The average molecular weight is 244 g/mol. The SMILES string of the molecule is CCn1cc(/C=C/C(N)=O)c2cc(OC)ccc21. The van der Waals surface area contributed by atoms with Gasteiger partial charge in [0.15, 0.2) is 0 Å². The molecular weight excluding hydrogens is 228 g/mol. The monoisotopic (exact) mass is 244 g/mol. The first-order chi connectivity index (χ1) is 8.65. The van der Waals surface area contributed by atoms with Gasteiger partial charge in [-0.1, -0.05) is 0 Å². The molecule has 0 spiro atoms. The summed E-state index contributed by atoms with van der Waals surface area (Å²) in [5, 5.41) is 1.05. The number of methoxy groups -OCH3 is 1. The number of hydrogen-bond donors (Lipinski definition) is 1. The zero-order chi connectivity index (χ0) is 13.1. The normalized spacial score (nSPS) is 11.2. The fraction of sp³-hybridized carbons (Fsp3) is 0.214. The zero-order valence-corrected chi connectivity index (χ0v) is 10.5. The lowest BCUT2D eigenvalue weighted by Crippen LogP contribution is -2.04. The Morgan fingerprint density at radius 3 is 2.89 bits per heavy atom. The van der Waals surface area contributed by atoms with Crippen molar-refractivity contribution >= 4 is 22.9 Å². The number of rotatable bonds is 4. The van der Waals surface area contributed by atoms with E-state index in [1.807, 2.05) is 24.4 Å². The van der Waals surface area contributed by atoms with Crippen LogP contribution in [0.1, 0.15) is 12.5 Å². The fourth-order valence-electron chi connectivity index (χ4n) is 2.00. The third-order valence-electron chi connectivity index (χ3n) is 2.89. The van der Waals surface area contributed by atoms with Gasteiger partial charge in [-0.25, -0.2) is 0 Å². The van der Waals surface area contributed by atoms with Crippen LogP contribution in [-0.2, 0) is 11.3 Å². The number of fused-ring (bicyclic) bond motifs is 1. The molecule has 2 aromatic rings. The third kappa shape index (κ3) is 2.22. The number of nitrogens with two attached hydrogens (primary N) is 1. The Balaban J connectivity index is 2.60. The summed E-state index contributed by atoms with van der Waals surface area (Å²) in [5.74, 6) is 0.348. The van der Waals surface area contributed by atoms with Gasteiger partial charge in [-0.2, -0.15) is 0 Å². The molecule has 94 valence electrons. The number of nitrogens with zero attached hydrogens (tertiary/aromatic N) is 1. The maximum Gasteiger partial charge on any atom is 0.241 e. The fourth-order valence-corrected chi connectivity index (χ4v) is 2.00. The van der Waals surface area contributed by atoms with E-state index in [0.29, 0.717) is 0 Å². The lowest BCUT2D eigenvalue weighted by molar-refractivity contribution is -0.113. The molecule has 0 radical (unpaired) electrons. The molecule has 1 aromatic heterocycles. The zero-order valence-electron chi connectivity index (χ0n) is 10.5. The molecule has 0 aliphatic heterocycles. The highest BCUT2D eigenvalue weighted by atomic mass is 16.5. The minimum atomic E-state index is -0.449. The van der Waals surface area contributed by atoms with Crippen molar-refractivity contribution in [3.8, 4) is 5.75 Å². The van der Waals surface area contributed by atoms with Crippen LogP contribution in [0.5, 0.6) is 5.75 Å². The van der Waals surface area contributed by atoms with Crippen molar-refractivity contribution in [3.63, 3.8) is 0 Å². The molecule has 4 heteroatoms. The summed E-state index contributed by atoms with van der Waals surface area (Å²) in [5.41, 5.74) is 7.20. The Labute approximate surface area is 106 Å². The number of primary amides is 1. The van der Waals surface area contributed by atoms with Gasteiger partial charge in [0.1, 0.15) is 5.75 Å². The first-order valence-corrected chi connectivity index (χ1v) is 5.80. The van der Waals surface area contributed by atoms with Crippen molar-refractivity contribution in [1.82, 2.24) is 4.57 Å². The molecule has 0 aliphatic rings. The van der Waals surface area contributed by atoms with Gasteiger partial charge >= 0.3 is 0 Å². The second kappa shape index (κ2) is 4.96. The van der Waals surface area contributed by atoms with Crippen LogP contribution in [0, 0.1) is 0 Å². The van der Waals surface area contributed by atoms with Crippen molar-refractivity contribution in [2.45, 2.75) is 13.5 Å². The first-order valence-electron chi connectivity index (χ1n) is 5.80. The van der Waals surface area contributed by atoms with E-state index in [1.165, 1.54) is 6.08 Å². The van der Waals surface area contributed by atoms with Crippen LogP contribution in [0.25, 0.3) is 17.0 Å². The molecule has 18 heavy (non-hydrogen) atoms. The van der Waals surface area contributed by atoms with E-state index in [-0.39, 0.29) is 0 Å². The molecular formula is C14H16N2O2. The third-order valence-corrected chi connectivity index (χ3v) is 2.89. The average Bonchev–Trinajstić information content (AvgIpc) is 2.73. The van der Waals surface area contributed by atoms with E-state index >= 15 is 0 Å². The minimum Gasteiger partial charge on any atom is -0.497 e. The predicted octanol–water partition coefficient (Wildman–Crippen LogP) is 2.17. The molecule has 0 atom stereocenters. The number of amides is 1. The van der Waals surface area contributed by atoms with Crippen molar-refractivity contribution in [3.05, 3.63) is 36.0 Å². The Kier molecular flexibility index (Phi) is 3.37. The summed E-state index contributed by atoms with van der Waals surface area (Å²) < 4.78 is 7.34. The van der Waals surface area contributed by atoms with Gasteiger partial charge in [-0.15, -0.1) is 0 Å². The summed E-state index contributed by atoms with van der Waals surface area (Å²) in [6, 6.07) is 5.90. The van der Waals surface area contributed by atoms with Crippen LogP contribution in [0.15, 0.2) is 30.5 Å². The highest BCUT2D eigenvalue weighted by Gasteiger charge is 2.06. The molecule has 0 saturated heterocycles. The van der Waals surface area contributed by atoms with Crippen molar-refractivity contribution in [1.29, 1.82) is 0 Å². The predicted molar refractivity (Wildman–Crippen MR) is 72.4 cm³/mol. The molecule has 4 nitrogen and oxygen atoms in total. The smallest absolute Gasteiger partial charge is 0.241 e. The van der Waals surface area contributed by atoms with Crippen LogP contribution < -0.4 is 10.5 Å². The summed E-state index contributed by atoms with van der Waals surface area (Å²) in [6.07, 6.45) is 5.11. The van der Waals surface area contributed by atoms with Gasteiger partial charge in [0.2, 0.25) is 5.91 Å². The Hall–Kier alpha value is -2.23. The van der Waals surface area contributed by atoms with E-state index in [9.17, 15) is 4.79 Å². The van der Waals surface area contributed by atoms with Crippen LogP contribution in [-0.4, -0.2) is 17.6 Å². The van der Waals surface area contributed by atoms with E-state index in [4.69, 9.17) is 10.5 Å². The van der Waals surface area contributed by atoms with Crippen molar-refractivity contribution < 1.29 is 9.53 Å². The lowest BCUT2D eigenvalue weighted by atomic mass is 10.1. The maximum atomic E-state index is 10.8. The van der Waals surface area contributed by atoms with Gasteiger partial charge in [-0.05, 0) is 31.2 Å². The molecule has 2 N–H and O–H groups in total. The quantitative estimate of drug-likeness (QED) is 0.838. The van der Waals surface area contributed by atoms with Crippen molar-refractivity contribution in [2.75, 3.05) is 7.11 Å². The second-order valence-corrected chi connectivity index (χ2v) is 3.99. The van der Waals surface area contributed by atoms with Crippen LogP contribution >= 0.6 is 0 Å².